The van der Waals surface area contributed by atoms with Crippen molar-refractivity contribution >= 4 is 5.97 Å². The smallest absolute Gasteiger partial charge is 0.315 e. The molecule has 3 heteroatoms. The Kier molecular flexibility index (Phi) is 2.12. The van der Waals surface area contributed by atoms with Crippen LogP contribution in [-0.2, 0) is 9.53 Å². The van der Waals surface area contributed by atoms with Crippen LogP contribution in [0.1, 0.15) is 44.9 Å². The molecule has 0 heterocycles. The monoisotopic (exact) mass is 328 g/mol. The van der Waals surface area contributed by atoms with Crippen molar-refractivity contribution in [3.05, 3.63) is 0 Å². The number of fused-ring (bicyclic) bond motifs is 4. The van der Waals surface area contributed by atoms with E-state index >= 15 is 0 Å². The minimum atomic E-state index is -0.719. The fourth-order valence-electron chi connectivity index (χ4n) is 11.1. The summed E-state index contributed by atoms with van der Waals surface area (Å²) in [7, 11) is 1.57. The first-order valence-electron chi connectivity index (χ1n) is 10.5. The van der Waals surface area contributed by atoms with Gasteiger partial charge in [-0.2, -0.15) is 0 Å². The van der Waals surface area contributed by atoms with Crippen LogP contribution >= 0.6 is 0 Å². The minimum absolute atomic E-state index is 0.0216. The molecule has 12 atom stereocenters. The summed E-state index contributed by atoms with van der Waals surface area (Å²) >= 11 is 0. The van der Waals surface area contributed by atoms with E-state index in [1.807, 2.05) is 0 Å². The van der Waals surface area contributed by atoms with Gasteiger partial charge >= 0.3 is 5.97 Å². The molecule has 130 valence electrons. The Hall–Kier alpha value is -0.570. The predicted octanol–water partition coefficient (Wildman–Crippen LogP) is 2.86. The highest BCUT2D eigenvalue weighted by atomic mass is 16.5. The summed E-state index contributed by atoms with van der Waals surface area (Å²) in [4.78, 5) is 13.4. The fourth-order valence-corrected chi connectivity index (χ4v) is 11.1. The number of carbonyl (C=O) groups is 1. The van der Waals surface area contributed by atoms with Crippen LogP contribution in [0.4, 0.5) is 0 Å². The van der Waals surface area contributed by atoms with E-state index in [1.165, 1.54) is 44.9 Å². The molecule has 0 amide bonds. The maximum atomic E-state index is 13.4. The molecular weight excluding hydrogens is 300 g/mol. The van der Waals surface area contributed by atoms with Crippen LogP contribution in [-0.4, -0.2) is 23.8 Å². The normalized spacial score (nSPS) is 69.4. The van der Waals surface area contributed by atoms with Crippen molar-refractivity contribution in [2.75, 3.05) is 7.11 Å². The van der Waals surface area contributed by atoms with Crippen LogP contribution < -0.4 is 0 Å². The molecular formula is C21H28O3. The number of methoxy groups -OCH3 is 1. The molecule has 7 aliphatic rings. The van der Waals surface area contributed by atoms with Gasteiger partial charge in [-0.05, 0) is 97.7 Å². The molecule has 3 nitrogen and oxygen atoms in total. The van der Waals surface area contributed by atoms with Gasteiger partial charge in [-0.15, -0.1) is 0 Å². The minimum Gasteiger partial charge on any atom is -0.468 e. The predicted molar refractivity (Wildman–Crippen MR) is 86.6 cm³/mol. The lowest BCUT2D eigenvalue weighted by Crippen LogP contribution is -2.71. The van der Waals surface area contributed by atoms with Crippen molar-refractivity contribution in [2.45, 2.75) is 50.5 Å². The van der Waals surface area contributed by atoms with Gasteiger partial charge in [0.05, 0.1) is 12.7 Å². The van der Waals surface area contributed by atoms with Gasteiger partial charge in [0.1, 0.15) is 5.41 Å². The molecule has 0 aromatic carbocycles. The van der Waals surface area contributed by atoms with Gasteiger partial charge in [0.25, 0.3) is 0 Å². The van der Waals surface area contributed by atoms with E-state index in [-0.39, 0.29) is 5.97 Å². The topological polar surface area (TPSA) is 46.5 Å². The maximum Gasteiger partial charge on any atom is 0.315 e. The lowest BCUT2D eigenvalue weighted by molar-refractivity contribution is -0.257. The van der Waals surface area contributed by atoms with Crippen molar-refractivity contribution in [3.8, 4) is 0 Å². The highest BCUT2D eigenvalue weighted by molar-refractivity contribution is 5.81. The molecule has 24 heavy (non-hydrogen) atoms. The Morgan fingerprint density at radius 2 is 1.67 bits per heavy atom. The molecule has 0 aromatic heterocycles. The third-order valence-electron chi connectivity index (χ3n) is 10.9. The van der Waals surface area contributed by atoms with Crippen LogP contribution in [0.5, 0.6) is 0 Å². The third-order valence-corrected chi connectivity index (χ3v) is 10.9. The van der Waals surface area contributed by atoms with Crippen LogP contribution in [0.15, 0.2) is 0 Å². The van der Waals surface area contributed by atoms with Gasteiger partial charge in [-0.25, -0.2) is 0 Å². The summed E-state index contributed by atoms with van der Waals surface area (Å²) in [5.41, 5.74) is -1.26. The average Bonchev–Trinajstić information content (AvgIpc) is 3.30. The van der Waals surface area contributed by atoms with Gasteiger partial charge in [-0.1, -0.05) is 6.42 Å². The molecule has 1 N–H and O–H groups in total. The van der Waals surface area contributed by atoms with E-state index in [2.05, 4.69) is 0 Å². The van der Waals surface area contributed by atoms with E-state index < -0.39 is 11.0 Å². The fraction of sp³-hybridized carbons (Fsp3) is 0.952. The Bertz CT molecular complexity index is 659. The Morgan fingerprint density at radius 1 is 0.917 bits per heavy atom. The molecule has 7 rings (SSSR count). The van der Waals surface area contributed by atoms with Crippen molar-refractivity contribution in [2.24, 2.45) is 64.6 Å². The van der Waals surface area contributed by atoms with Crippen molar-refractivity contribution in [1.82, 2.24) is 0 Å². The van der Waals surface area contributed by atoms with Gasteiger partial charge in [-0.3, -0.25) is 4.79 Å². The second-order valence-electron chi connectivity index (χ2n) is 10.4. The van der Waals surface area contributed by atoms with Gasteiger partial charge in [0, 0.05) is 0 Å². The summed E-state index contributed by atoms with van der Waals surface area (Å²) in [6, 6.07) is 0. The second kappa shape index (κ2) is 3.75. The number of rotatable bonds is 1. The Morgan fingerprint density at radius 3 is 2.50 bits per heavy atom. The molecule has 7 fully saturated rings. The Labute approximate surface area is 143 Å². The largest absolute Gasteiger partial charge is 0.468 e. The zero-order chi connectivity index (χ0) is 16.0. The molecule has 7 saturated carbocycles. The van der Waals surface area contributed by atoms with Gasteiger partial charge < -0.3 is 9.84 Å². The number of ether oxygens (including phenoxy) is 1. The zero-order valence-corrected chi connectivity index (χ0v) is 14.5. The highest BCUT2D eigenvalue weighted by Gasteiger charge is 2.89. The summed E-state index contributed by atoms with van der Waals surface area (Å²) in [5, 5.41) is 12.4. The molecule has 0 aliphatic heterocycles. The summed E-state index contributed by atoms with van der Waals surface area (Å²) < 4.78 is 5.50. The average molecular weight is 328 g/mol. The van der Waals surface area contributed by atoms with Crippen molar-refractivity contribution in [3.63, 3.8) is 0 Å². The van der Waals surface area contributed by atoms with Gasteiger partial charge in [0.15, 0.2) is 0 Å². The lowest BCUT2D eigenvalue weighted by Gasteiger charge is -2.63. The molecule has 7 aliphatic carbocycles. The number of esters is 1. The van der Waals surface area contributed by atoms with Crippen molar-refractivity contribution < 1.29 is 14.6 Å². The summed E-state index contributed by atoms with van der Waals surface area (Å²) in [5.74, 6) is 6.01. The first kappa shape index (κ1) is 13.6. The molecule has 0 radical (unpaired) electrons. The first-order chi connectivity index (χ1) is 11.7. The van der Waals surface area contributed by atoms with Crippen LogP contribution in [0, 0.1) is 64.6 Å². The van der Waals surface area contributed by atoms with Crippen molar-refractivity contribution in [1.29, 1.82) is 0 Å². The van der Waals surface area contributed by atoms with E-state index in [0.717, 1.165) is 17.8 Å². The summed E-state index contributed by atoms with van der Waals surface area (Å²) in [6.45, 7) is 0. The van der Waals surface area contributed by atoms with E-state index in [1.54, 1.807) is 7.11 Å². The molecule has 0 aromatic rings. The third kappa shape index (κ3) is 0.982. The number of hydrogen-bond donors (Lipinski definition) is 1. The lowest BCUT2D eigenvalue weighted by atomic mass is 9.42. The zero-order valence-electron chi connectivity index (χ0n) is 14.5. The number of aliphatic hydroxyl groups is 1. The molecule has 7 bridgehead atoms. The first-order valence-corrected chi connectivity index (χ1v) is 10.5. The maximum absolute atomic E-state index is 13.4. The molecule has 0 unspecified atom stereocenters. The van der Waals surface area contributed by atoms with E-state index in [4.69, 9.17) is 4.74 Å². The quantitative estimate of drug-likeness (QED) is 0.753. The van der Waals surface area contributed by atoms with Gasteiger partial charge in [0.2, 0.25) is 0 Å². The Balaban J connectivity index is 1.55. The number of carbonyl (C=O) groups excluding carboxylic acids is 1. The van der Waals surface area contributed by atoms with Crippen LogP contribution in [0.3, 0.4) is 0 Å². The summed E-state index contributed by atoms with van der Waals surface area (Å²) in [6.07, 6.45) is 8.86. The SMILES string of the molecule is COC(=O)[C@]12[C@H]3C[C@@H]([C@@H]4CCC[C@@H]43)[C@H]3[C@H]4C[C@H]1[C@H]1CC[C@@H]([C@H]41)[C@]32O. The van der Waals surface area contributed by atoms with E-state index in [9.17, 15) is 9.90 Å². The van der Waals surface area contributed by atoms with E-state index in [0.29, 0.717) is 41.4 Å². The van der Waals surface area contributed by atoms with Crippen LogP contribution in [0.2, 0.25) is 0 Å². The second-order valence-corrected chi connectivity index (χ2v) is 10.4. The standard InChI is InChI=1S/C21H28O3/c1-24-19(22)20-15-7-12(9-3-2-4-10(9)15)18-13-8-16(20)11-5-6-14(17(11)13)21(18,20)23/h9-18,23H,2-8H2,1H3/t9-,10+,11-,12+,13+,14+,15+,16+,17+,18+,20+,21+/m1/s1. The molecule has 0 spiro atoms. The number of hydrogen-bond acceptors (Lipinski definition) is 3. The molecule has 0 saturated heterocycles. The highest BCUT2D eigenvalue weighted by Crippen LogP contribution is 2.86. The van der Waals surface area contributed by atoms with Crippen LogP contribution in [0.25, 0.3) is 0 Å².